The van der Waals surface area contributed by atoms with E-state index in [4.69, 9.17) is 4.74 Å². The minimum Gasteiger partial charge on any atom is -0.379 e. The number of hydrogen-bond donors (Lipinski definition) is 1. The van der Waals surface area contributed by atoms with Crippen molar-refractivity contribution in [2.45, 2.75) is 26.3 Å². The third kappa shape index (κ3) is 2.75. The lowest BCUT2D eigenvalue weighted by atomic mass is 9.88. The Balaban J connectivity index is 2.11. The average molecular weight is 241 g/mol. The van der Waals surface area contributed by atoms with Crippen molar-refractivity contribution in [1.82, 2.24) is 0 Å². The monoisotopic (exact) mass is 241 g/mol. The largest absolute Gasteiger partial charge is 0.379 e. The Morgan fingerprint density at radius 3 is 2.76 bits per heavy atom. The second kappa shape index (κ2) is 4.61. The molecule has 17 heavy (non-hydrogen) atoms. The molecule has 1 aromatic rings. The molecule has 0 radical (unpaired) electrons. The Morgan fingerprint density at radius 1 is 1.41 bits per heavy atom. The molecule has 4 heteroatoms. The molecular formula is C13H17F2NO. The first-order valence-corrected chi connectivity index (χ1v) is 5.71. The van der Waals surface area contributed by atoms with E-state index in [-0.39, 0.29) is 17.0 Å². The van der Waals surface area contributed by atoms with E-state index in [1.807, 2.05) is 0 Å². The first-order chi connectivity index (χ1) is 7.99. The molecule has 2 nitrogen and oxygen atoms in total. The van der Waals surface area contributed by atoms with Crippen LogP contribution in [0.5, 0.6) is 0 Å². The van der Waals surface area contributed by atoms with E-state index in [1.165, 1.54) is 12.1 Å². The van der Waals surface area contributed by atoms with Gasteiger partial charge in [0.05, 0.1) is 19.3 Å². The molecule has 1 fully saturated rings. The van der Waals surface area contributed by atoms with Gasteiger partial charge in [-0.25, -0.2) is 8.78 Å². The van der Waals surface area contributed by atoms with Crippen LogP contribution in [0.3, 0.4) is 0 Å². The number of halogens is 2. The predicted molar refractivity (Wildman–Crippen MR) is 63.4 cm³/mol. The highest BCUT2D eigenvalue weighted by atomic mass is 19.3. The van der Waals surface area contributed by atoms with Gasteiger partial charge in [0.1, 0.15) is 0 Å². The fraction of sp³-hybridized carbons (Fsp3) is 0.538. The lowest BCUT2D eigenvalue weighted by Crippen LogP contribution is -2.34. The van der Waals surface area contributed by atoms with E-state index in [0.29, 0.717) is 13.2 Å². The van der Waals surface area contributed by atoms with Crippen LogP contribution in [0.15, 0.2) is 24.3 Å². The van der Waals surface area contributed by atoms with Gasteiger partial charge in [0.25, 0.3) is 6.43 Å². The second-order valence-electron chi connectivity index (χ2n) is 5.13. The lowest BCUT2D eigenvalue weighted by molar-refractivity contribution is 0.151. The Labute approximate surface area is 100.0 Å². The van der Waals surface area contributed by atoms with Crippen LogP contribution in [-0.4, -0.2) is 19.3 Å². The Kier molecular flexibility index (Phi) is 3.33. The molecule has 1 aliphatic heterocycles. The van der Waals surface area contributed by atoms with Gasteiger partial charge in [-0.05, 0) is 12.1 Å². The minimum atomic E-state index is -2.43. The molecule has 1 atom stereocenters. The summed E-state index contributed by atoms with van der Waals surface area (Å²) >= 11 is 0. The van der Waals surface area contributed by atoms with Crippen molar-refractivity contribution in [1.29, 1.82) is 0 Å². The van der Waals surface area contributed by atoms with Crippen molar-refractivity contribution in [3.05, 3.63) is 29.8 Å². The summed E-state index contributed by atoms with van der Waals surface area (Å²) in [6.07, 6.45) is -2.43. The van der Waals surface area contributed by atoms with Crippen LogP contribution < -0.4 is 5.32 Å². The standard InChI is InChI=1S/C13H17F2NO/c1-13(2)8-17-7-11(13)16-10-5-3-4-9(6-10)12(14)15/h3-6,11-12,16H,7-8H2,1-2H3. The molecule has 0 amide bonds. The molecular weight excluding hydrogens is 224 g/mol. The van der Waals surface area contributed by atoms with E-state index in [1.54, 1.807) is 12.1 Å². The number of nitrogens with one attached hydrogen (secondary N) is 1. The van der Waals surface area contributed by atoms with Gasteiger partial charge in [-0.2, -0.15) is 0 Å². The highest BCUT2D eigenvalue weighted by Gasteiger charge is 2.35. The fourth-order valence-corrected chi connectivity index (χ4v) is 1.97. The SMILES string of the molecule is CC1(C)COCC1Nc1cccc(C(F)F)c1. The zero-order valence-electron chi connectivity index (χ0n) is 10.0. The fourth-order valence-electron chi connectivity index (χ4n) is 1.97. The first-order valence-electron chi connectivity index (χ1n) is 5.71. The van der Waals surface area contributed by atoms with Crippen molar-refractivity contribution < 1.29 is 13.5 Å². The number of anilines is 1. The molecule has 0 spiro atoms. The van der Waals surface area contributed by atoms with Crippen molar-refractivity contribution in [3.8, 4) is 0 Å². The number of alkyl halides is 2. The van der Waals surface area contributed by atoms with E-state index in [9.17, 15) is 8.78 Å². The molecule has 2 rings (SSSR count). The molecule has 0 bridgehead atoms. The quantitative estimate of drug-likeness (QED) is 0.875. The van der Waals surface area contributed by atoms with Gasteiger partial charge >= 0.3 is 0 Å². The number of ether oxygens (including phenoxy) is 1. The molecule has 0 aromatic heterocycles. The summed E-state index contributed by atoms with van der Waals surface area (Å²) in [5, 5.41) is 3.27. The van der Waals surface area contributed by atoms with Gasteiger partial charge in [0.2, 0.25) is 0 Å². The van der Waals surface area contributed by atoms with Gasteiger partial charge in [0, 0.05) is 16.7 Å². The smallest absolute Gasteiger partial charge is 0.263 e. The van der Waals surface area contributed by atoms with Crippen LogP contribution in [0.25, 0.3) is 0 Å². The molecule has 1 aliphatic rings. The van der Waals surface area contributed by atoms with Crippen LogP contribution >= 0.6 is 0 Å². The summed E-state index contributed by atoms with van der Waals surface area (Å²) < 4.78 is 30.5. The van der Waals surface area contributed by atoms with E-state index in [0.717, 1.165) is 5.69 Å². The molecule has 1 N–H and O–H groups in total. The first kappa shape index (κ1) is 12.3. The van der Waals surface area contributed by atoms with Gasteiger partial charge in [-0.1, -0.05) is 26.0 Å². The molecule has 1 heterocycles. The molecule has 0 saturated carbocycles. The summed E-state index contributed by atoms with van der Waals surface area (Å²) in [6, 6.07) is 6.55. The van der Waals surface area contributed by atoms with Gasteiger partial charge < -0.3 is 10.1 Å². The van der Waals surface area contributed by atoms with E-state index >= 15 is 0 Å². The number of benzene rings is 1. The van der Waals surface area contributed by atoms with Crippen molar-refractivity contribution >= 4 is 5.69 Å². The van der Waals surface area contributed by atoms with Crippen LogP contribution in [0.2, 0.25) is 0 Å². The zero-order valence-corrected chi connectivity index (χ0v) is 10.0. The van der Waals surface area contributed by atoms with Crippen LogP contribution in [-0.2, 0) is 4.74 Å². The topological polar surface area (TPSA) is 21.3 Å². The maximum Gasteiger partial charge on any atom is 0.263 e. The average Bonchev–Trinajstić information content (AvgIpc) is 2.59. The Hall–Kier alpha value is -1.16. The van der Waals surface area contributed by atoms with Gasteiger partial charge in [-0.15, -0.1) is 0 Å². The zero-order chi connectivity index (χ0) is 12.5. The minimum absolute atomic E-state index is 0.0286. The Morgan fingerprint density at radius 2 is 2.18 bits per heavy atom. The Bertz CT molecular complexity index is 393. The molecule has 94 valence electrons. The molecule has 1 saturated heterocycles. The molecule has 0 aliphatic carbocycles. The van der Waals surface area contributed by atoms with E-state index in [2.05, 4.69) is 19.2 Å². The maximum atomic E-state index is 12.6. The summed E-state index contributed by atoms with van der Waals surface area (Å²) in [5.41, 5.74) is 0.805. The van der Waals surface area contributed by atoms with Gasteiger partial charge in [0.15, 0.2) is 0 Å². The summed E-state index contributed by atoms with van der Waals surface area (Å²) in [4.78, 5) is 0. The summed E-state index contributed by atoms with van der Waals surface area (Å²) in [5.74, 6) is 0. The van der Waals surface area contributed by atoms with Crippen LogP contribution in [0.1, 0.15) is 25.8 Å². The second-order valence-corrected chi connectivity index (χ2v) is 5.13. The highest BCUT2D eigenvalue weighted by molar-refractivity contribution is 5.47. The summed E-state index contributed by atoms with van der Waals surface area (Å²) in [7, 11) is 0. The third-order valence-corrected chi connectivity index (χ3v) is 3.18. The van der Waals surface area contributed by atoms with Gasteiger partial charge in [-0.3, -0.25) is 0 Å². The van der Waals surface area contributed by atoms with Crippen LogP contribution in [0, 0.1) is 5.41 Å². The highest BCUT2D eigenvalue weighted by Crippen LogP contribution is 2.31. The molecule has 1 unspecified atom stereocenters. The van der Waals surface area contributed by atoms with E-state index < -0.39 is 6.43 Å². The molecule has 1 aromatic carbocycles. The number of hydrogen-bond acceptors (Lipinski definition) is 2. The van der Waals surface area contributed by atoms with Crippen molar-refractivity contribution in [3.63, 3.8) is 0 Å². The predicted octanol–water partition coefficient (Wildman–Crippen LogP) is 3.46. The maximum absolute atomic E-state index is 12.6. The normalized spacial score (nSPS) is 23.0. The van der Waals surface area contributed by atoms with Crippen molar-refractivity contribution in [2.75, 3.05) is 18.5 Å². The third-order valence-electron chi connectivity index (χ3n) is 3.18. The lowest BCUT2D eigenvalue weighted by Gasteiger charge is -2.26. The number of rotatable bonds is 3. The summed E-state index contributed by atoms with van der Waals surface area (Å²) in [6.45, 7) is 5.52. The van der Waals surface area contributed by atoms with Crippen molar-refractivity contribution in [2.24, 2.45) is 5.41 Å². The van der Waals surface area contributed by atoms with Crippen LogP contribution in [0.4, 0.5) is 14.5 Å².